The Bertz CT molecular complexity index is 454. The van der Waals surface area contributed by atoms with Crippen LogP contribution in [0, 0.1) is 0 Å². The lowest BCUT2D eigenvalue weighted by Crippen LogP contribution is -2.47. The molecule has 138 valence electrons. The summed E-state index contributed by atoms with van der Waals surface area (Å²) in [6, 6.07) is -1.42. The maximum atomic E-state index is 10.3. The second kappa shape index (κ2) is 10.6. The lowest BCUT2D eigenvalue weighted by molar-refractivity contribution is 0.0628. The first kappa shape index (κ1) is 20.8. The highest BCUT2D eigenvalue weighted by Gasteiger charge is 2.28. The van der Waals surface area contributed by atoms with Crippen LogP contribution in [-0.4, -0.2) is 89.0 Å². The van der Waals surface area contributed by atoms with Crippen LogP contribution < -0.4 is 16.0 Å². The third kappa shape index (κ3) is 5.42. The number of hydrogen-bond donors (Lipinski definition) is 7. The van der Waals surface area contributed by atoms with Crippen LogP contribution in [0.1, 0.15) is 17.4 Å². The first-order valence-electron chi connectivity index (χ1n) is 7.92. The van der Waals surface area contributed by atoms with E-state index >= 15 is 0 Å². The predicted octanol–water partition coefficient (Wildman–Crippen LogP) is -2.84. The smallest absolute Gasteiger partial charge is 0.0925 e. The minimum atomic E-state index is -0.890. The molecule has 0 radical (unpaired) electrons. The zero-order valence-corrected chi connectivity index (χ0v) is 14.3. The molecule has 5 atom stereocenters. The quantitative estimate of drug-likeness (QED) is 0.226. The van der Waals surface area contributed by atoms with Gasteiger partial charge >= 0.3 is 0 Å². The summed E-state index contributed by atoms with van der Waals surface area (Å²) in [6.45, 7) is -0.385. The van der Waals surface area contributed by atoms with Gasteiger partial charge in [-0.05, 0) is 21.1 Å². The number of likely N-dealkylation sites (N-methyl/N-ethyl adjacent to an activating group) is 3. The van der Waals surface area contributed by atoms with Gasteiger partial charge in [-0.3, -0.25) is 9.97 Å². The van der Waals surface area contributed by atoms with Crippen LogP contribution in [0.4, 0.5) is 0 Å². The Morgan fingerprint density at radius 3 is 1.96 bits per heavy atom. The fraction of sp³-hybridized carbons (Fsp3) is 0.733. The molecule has 0 amide bonds. The van der Waals surface area contributed by atoms with Crippen LogP contribution in [0.2, 0.25) is 0 Å². The summed E-state index contributed by atoms with van der Waals surface area (Å²) in [5.74, 6) is 0. The molecule has 1 heterocycles. The Morgan fingerprint density at radius 1 is 0.917 bits per heavy atom. The van der Waals surface area contributed by atoms with Crippen LogP contribution in [0.15, 0.2) is 12.4 Å². The molecule has 0 aliphatic carbocycles. The minimum absolute atomic E-state index is 0.177. The summed E-state index contributed by atoms with van der Waals surface area (Å²) in [5.41, 5.74) is 1.11. The van der Waals surface area contributed by atoms with Gasteiger partial charge in [0.2, 0.25) is 0 Å². The number of aliphatic hydroxyl groups is 4. The molecule has 0 fully saturated rings. The molecule has 1 aromatic rings. The van der Waals surface area contributed by atoms with Crippen molar-refractivity contribution in [3.05, 3.63) is 23.8 Å². The van der Waals surface area contributed by atoms with E-state index in [1.54, 1.807) is 21.1 Å². The topological polar surface area (TPSA) is 143 Å². The monoisotopic (exact) mass is 343 g/mol. The van der Waals surface area contributed by atoms with E-state index in [1.807, 2.05) is 0 Å². The summed E-state index contributed by atoms with van der Waals surface area (Å²) >= 11 is 0. The molecule has 0 unspecified atom stereocenters. The van der Waals surface area contributed by atoms with Gasteiger partial charge < -0.3 is 36.4 Å². The number of nitrogens with zero attached hydrogens (tertiary/aromatic N) is 2. The van der Waals surface area contributed by atoms with Crippen molar-refractivity contribution in [2.24, 2.45) is 0 Å². The summed E-state index contributed by atoms with van der Waals surface area (Å²) in [7, 11) is 5.01. The van der Waals surface area contributed by atoms with Gasteiger partial charge in [0, 0.05) is 12.6 Å². The molecular formula is C15H29N5O4. The average molecular weight is 343 g/mol. The fourth-order valence-corrected chi connectivity index (χ4v) is 2.49. The maximum absolute atomic E-state index is 10.3. The van der Waals surface area contributed by atoms with Crippen molar-refractivity contribution in [3.63, 3.8) is 0 Å². The van der Waals surface area contributed by atoms with Crippen molar-refractivity contribution >= 4 is 0 Å². The lowest BCUT2D eigenvalue weighted by Gasteiger charge is -2.28. The van der Waals surface area contributed by atoms with E-state index in [1.165, 1.54) is 12.4 Å². The van der Waals surface area contributed by atoms with Crippen LogP contribution in [0.3, 0.4) is 0 Å². The number of nitrogens with one attached hydrogen (secondary N) is 3. The molecule has 1 rings (SSSR count). The van der Waals surface area contributed by atoms with Gasteiger partial charge in [-0.2, -0.15) is 0 Å². The molecule has 0 saturated carbocycles. The van der Waals surface area contributed by atoms with Crippen molar-refractivity contribution < 1.29 is 20.4 Å². The maximum Gasteiger partial charge on any atom is 0.0925 e. The van der Waals surface area contributed by atoms with Gasteiger partial charge in [-0.15, -0.1) is 0 Å². The van der Waals surface area contributed by atoms with Gasteiger partial charge in [-0.25, -0.2) is 0 Å². The Labute approximate surface area is 142 Å². The molecule has 7 N–H and O–H groups in total. The van der Waals surface area contributed by atoms with Crippen molar-refractivity contribution in [3.8, 4) is 0 Å². The highest BCUT2D eigenvalue weighted by Crippen LogP contribution is 2.16. The van der Waals surface area contributed by atoms with E-state index in [2.05, 4.69) is 25.9 Å². The van der Waals surface area contributed by atoms with Crippen molar-refractivity contribution in [1.29, 1.82) is 0 Å². The third-order valence-corrected chi connectivity index (χ3v) is 4.13. The number of rotatable bonds is 11. The second-order valence-electron chi connectivity index (χ2n) is 5.62. The number of aliphatic hydroxyl groups excluding tert-OH is 4. The SMILES string of the molecule is CN[C@H](c1cnc(C[C@H](O)[C@@H](CO)NC)cn1)[C@H](O)[C@@H](CO)NC. The number of aromatic nitrogens is 2. The van der Waals surface area contributed by atoms with Crippen LogP contribution in [-0.2, 0) is 6.42 Å². The summed E-state index contributed by atoms with van der Waals surface area (Å²) in [6.07, 6.45) is 1.64. The van der Waals surface area contributed by atoms with Gasteiger partial charge in [0.05, 0.1) is 61.1 Å². The number of hydrogen-bond acceptors (Lipinski definition) is 9. The standard InChI is InChI=1S/C15H29N5O4/c1-16-11(7-21)13(23)4-9-5-20-10(6-19-9)14(18-3)15(24)12(8-22)17-2/h5-6,11-18,21-24H,4,7-8H2,1-3H3/t11-,12-,13+,14-,15-/m1/s1. The first-order valence-corrected chi connectivity index (χ1v) is 7.92. The second-order valence-corrected chi connectivity index (χ2v) is 5.62. The average Bonchev–Trinajstić information content (AvgIpc) is 2.59. The molecule has 0 aliphatic heterocycles. The predicted molar refractivity (Wildman–Crippen MR) is 89.4 cm³/mol. The summed E-state index contributed by atoms with van der Waals surface area (Å²) < 4.78 is 0. The molecule has 0 bridgehead atoms. The first-order chi connectivity index (χ1) is 11.5. The third-order valence-electron chi connectivity index (χ3n) is 4.13. The van der Waals surface area contributed by atoms with Gasteiger partial charge in [0.25, 0.3) is 0 Å². The molecular weight excluding hydrogens is 314 g/mol. The van der Waals surface area contributed by atoms with E-state index in [4.69, 9.17) is 5.11 Å². The lowest BCUT2D eigenvalue weighted by atomic mass is 10.0. The molecule has 9 heteroatoms. The van der Waals surface area contributed by atoms with Crippen LogP contribution >= 0.6 is 0 Å². The van der Waals surface area contributed by atoms with Crippen molar-refractivity contribution in [2.45, 2.75) is 36.8 Å². The summed E-state index contributed by atoms with van der Waals surface area (Å²) in [4.78, 5) is 8.56. The zero-order chi connectivity index (χ0) is 18.1. The fourth-order valence-electron chi connectivity index (χ4n) is 2.49. The highest BCUT2D eigenvalue weighted by molar-refractivity contribution is 5.10. The molecule has 1 aromatic heterocycles. The van der Waals surface area contributed by atoms with E-state index in [9.17, 15) is 15.3 Å². The highest BCUT2D eigenvalue weighted by atomic mass is 16.3. The van der Waals surface area contributed by atoms with E-state index < -0.39 is 30.3 Å². The van der Waals surface area contributed by atoms with Crippen LogP contribution in [0.25, 0.3) is 0 Å². The van der Waals surface area contributed by atoms with Gasteiger partial charge in [0.15, 0.2) is 0 Å². The molecule has 0 aromatic carbocycles. The largest absolute Gasteiger partial charge is 0.395 e. The van der Waals surface area contributed by atoms with Crippen molar-refractivity contribution in [1.82, 2.24) is 25.9 Å². The normalized spacial score (nSPS) is 18.0. The Morgan fingerprint density at radius 2 is 1.54 bits per heavy atom. The minimum Gasteiger partial charge on any atom is -0.395 e. The Balaban J connectivity index is 2.81. The van der Waals surface area contributed by atoms with E-state index in [0.717, 1.165) is 0 Å². The van der Waals surface area contributed by atoms with Gasteiger partial charge in [0.1, 0.15) is 0 Å². The van der Waals surface area contributed by atoms with Crippen molar-refractivity contribution in [2.75, 3.05) is 34.4 Å². The van der Waals surface area contributed by atoms with E-state index in [0.29, 0.717) is 11.4 Å². The molecule has 0 aliphatic rings. The summed E-state index contributed by atoms with van der Waals surface area (Å²) in [5, 5.41) is 47.5. The Hall–Kier alpha value is -1.20. The van der Waals surface area contributed by atoms with Crippen LogP contribution in [0.5, 0.6) is 0 Å². The molecule has 0 saturated heterocycles. The zero-order valence-electron chi connectivity index (χ0n) is 14.3. The molecule has 24 heavy (non-hydrogen) atoms. The Kier molecular flexibility index (Phi) is 9.22. The van der Waals surface area contributed by atoms with Gasteiger partial charge in [-0.1, -0.05) is 0 Å². The molecule has 0 spiro atoms. The van der Waals surface area contributed by atoms with E-state index in [-0.39, 0.29) is 19.6 Å². The molecule has 9 nitrogen and oxygen atoms in total.